The number of amides is 1. The summed E-state index contributed by atoms with van der Waals surface area (Å²) in [5.74, 6) is 0.452. The van der Waals surface area contributed by atoms with Crippen molar-refractivity contribution in [1.29, 1.82) is 0 Å². The van der Waals surface area contributed by atoms with Gasteiger partial charge in [0.25, 0.3) is 5.91 Å². The van der Waals surface area contributed by atoms with Crippen molar-refractivity contribution in [3.05, 3.63) is 48.3 Å². The first kappa shape index (κ1) is 16.7. The molecule has 0 bridgehead atoms. The predicted molar refractivity (Wildman–Crippen MR) is 86.4 cm³/mol. The van der Waals surface area contributed by atoms with Crippen LogP contribution in [-0.4, -0.2) is 34.1 Å². The summed E-state index contributed by atoms with van der Waals surface area (Å²) in [5.41, 5.74) is 0.650. The monoisotopic (exact) mass is 315 g/mol. The highest BCUT2D eigenvalue weighted by Crippen LogP contribution is 2.13. The molecule has 2 rings (SSSR count). The molecule has 0 aliphatic heterocycles. The van der Waals surface area contributed by atoms with Gasteiger partial charge in [-0.25, -0.2) is 0 Å². The van der Waals surface area contributed by atoms with Gasteiger partial charge in [-0.1, -0.05) is 6.92 Å². The van der Waals surface area contributed by atoms with Crippen molar-refractivity contribution in [3.63, 3.8) is 0 Å². The number of hydrogen-bond donors (Lipinski definition) is 1. The number of ketones is 1. The molecule has 0 aliphatic carbocycles. The molecule has 0 fully saturated rings. The fraction of sp³-hybridized carbons (Fsp3) is 0.353. The van der Waals surface area contributed by atoms with Crippen LogP contribution in [0.4, 0.5) is 0 Å². The zero-order valence-corrected chi connectivity index (χ0v) is 13.4. The van der Waals surface area contributed by atoms with Crippen LogP contribution < -0.4 is 10.1 Å². The van der Waals surface area contributed by atoms with Crippen LogP contribution in [0.3, 0.4) is 0 Å². The molecule has 1 heterocycles. The molecule has 1 amide bonds. The number of carbonyl (C=O) groups is 2. The first-order chi connectivity index (χ1) is 11.1. The van der Waals surface area contributed by atoms with E-state index in [1.54, 1.807) is 35.1 Å². The molecule has 0 aliphatic rings. The molecular weight excluding hydrogens is 294 g/mol. The van der Waals surface area contributed by atoms with Crippen LogP contribution in [0.25, 0.3) is 0 Å². The smallest absolute Gasteiger partial charge is 0.258 e. The van der Waals surface area contributed by atoms with Gasteiger partial charge in [-0.05, 0) is 37.3 Å². The van der Waals surface area contributed by atoms with Crippen molar-refractivity contribution < 1.29 is 14.3 Å². The minimum Gasteiger partial charge on any atom is -0.484 e. The summed E-state index contributed by atoms with van der Waals surface area (Å²) in [6, 6.07) is 8.60. The summed E-state index contributed by atoms with van der Waals surface area (Å²) in [6.45, 7) is 4.27. The number of carbonyl (C=O) groups excluding carboxylic acids is 2. The summed E-state index contributed by atoms with van der Waals surface area (Å²) < 4.78 is 7.19. The van der Waals surface area contributed by atoms with Gasteiger partial charge in [0, 0.05) is 30.4 Å². The number of rotatable bonds is 8. The zero-order chi connectivity index (χ0) is 16.7. The van der Waals surface area contributed by atoms with Gasteiger partial charge in [0.05, 0.1) is 6.54 Å². The van der Waals surface area contributed by atoms with E-state index in [2.05, 4.69) is 10.4 Å². The van der Waals surface area contributed by atoms with Crippen LogP contribution in [0, 0.1) is 0 Å². The highest BCUT2D eigenvalue weighted by atomic mass is 16.5. The summed E-state index contributed by atoms with van der Waals surface area (Å²) in [7, 11) is 0. The number of nitrogens with zero attached hydrogens (tertiary/aromatic N) is 2. The summed E-state index contributed by atoms with van der Waals surface area (Å²) >= 11 is 0. The zero-order valence-electron chi connectivity index (χ0n) is 13.4. The van der Waals surface area contributed by atoms with Gasteiger partial charge < -0.3 is 10.1 Å². The van der Waals surface area contributed by atoms with E-state index in [0.717, 1.165) is 0 Å². The molecule has 0 radical (unpaired) electrons. The third kappa shape index (κ3) is 5.25. The number of aromatic nitrogens is 2. The molecule has 0 unspecified atom stereocenters. The van der Waals surface area contributed by atoms with Crippen LogP contribution in [0.1, 0.15) is 30.6 Å². The average Bonchev–Trinajstić information content (AvgIpc) is 3.05. The number of hydrogen-bond acceptors (Lipinski definition) is 4. The van der Waals surface area contributed by atoms with Crippen LogP contribution >= 0.6 is 0 Å². The number of nitrogens with one attached hydrogen (secondary N) is 1. The molecule has 1 atom stereocenters. The van der Waals surface area contributed by atoms with E-state index in [1.165, 1.54) is 0 Å². The first-order valence-corrected chi connectivity index (χ1v) is 7.61. The lowest BCUT2D eigenvalue weighted by molar-refractivity contribution is -0.123. The Morgan fingerprint density at radius 2 is 2.04 bits per heavy atom. The highest BCUT2D eigenvalue weighted by Gasteiger charge is 2.09. The summed E-state index contributed by atoms with van der Waals surface area (Å²) in [4.78, 5) is 23.4. The highest BCUT2D eigenvalue weighted by molar-refractivity contribution is 5.95. The first-order valence-electron chi connectivity index (χ1n) is 7.61. The van der Waals surface area contributed by atoms with Crippen molar-refractivity contribution in [2.75, 3.05) is 6.61 Å². The van der Waals surface area contributed by atoms with Crippen LogP contribution in [-0.2, 0) is 11.3 Å². The average molecular weight is 315 g/mol. The van der Waals surface area contributed by atoms with Crippen LogP contribution in [0.5, 0.6) is 5.75 Å². The van der Waals surface area contributed by atoms with E-state index in [-0.39, 0.29) is 24.3 Å². The Morgan fingerprint density at radius 3 is 2.65 bits per heavy atom. The van der Waals surface area contributed by atoms with Gasteiger partial charge in [0.1, 0.15) is 5.75 Å². The Hall–Kier alpha value is -2.63. The lowest BCUT2D eigenvalue weighted by Gasteiger charge is -2.14. The van der Waals surface area contributed by atoms with Gasteiger partial charge in [0.2, 0.25) is 0 Å². The van der Waals surface area contributed by atoms with Crippen molar-refractivity contribution >= 4 is 11.7 Å². The lowest BCUT2D eigenvalue weighted by atomic mass is 10.1. The van der Waals surface area contributed by atoms with E-state index < -0.39 is 0 Å². The summed E-state index contributed by atoms with van der Waals surface area (Å²) in [5, 5.41) is 6.94. The molecule has 6 nitrogen and oxygen atoms in total. The molecule has 1 aromatic carbocycles. The van der Waals surface area contributed by atoms with Crippen molar-refractivity contribution in [2.24, 2.45) is 0 Å². The normalized spacial score (nSPS) is 11.7. The maximum Gasteiger partial charge on any atom is 0.258 e. The van der Waals surface area contributed by atoms with E-state index in [4.69, 9.17) is 4.74 Å². The predicted octanol–water partition coefficient (Wildman–Crippen LogP) is 2.06. The number of benzene rings is 1. The van der Waals surface area contributed by atoms with E-state index >= 15 is 0 Å². The van der Waals surface area contributed by atoms with Gasteiger partial charge in [-0.15, -0.1) is 0 Å². The van der Waals surface area contributed by atoms with Crippen molar-refractivity contribution in [1.82, 2.24) is 15.1 Å². The molecule has 23 heavy (non-hydrogen) atoms. The largest absolute Gasteiger partial charge is 0.484 e. The summed E-state index contributed by atoms with van der Waals surface area (Å²) in [6.07, 6.45) is 4.01. The fourth-order valence-electron chi connectivity index (χ4n) is 2.14. The Kier molecular flexibility index (Phi) is 5.91. The molecule has 0 spiro atoms. The molecule has 2 aromatic rings. The van der Waals surface area contributed by atoms with Crippen LogP contribution in [0.15, 0.2) is 42.7 Å². The Morgan fingerprint density at radius 1 is 1.30 bits per heavy atom. The topological polar surface area (TPSA) is 73.2 Å². The third-order valence-corrected chi connectivity index (χ3v) is 3.29. The van der Waals surface area contributed by atoms with E-state index in [0.29, 0.717) is 24.3 Å². The second kappa shape index (κ2) is 8.12. The third-order valence-electron chi connectivity index (χ3n) is 3.29. The SMILES string of the molecule is CCC(=O)c1ccc(OCC(=O)N[C@H](C)Cn2cccn2)cc1. The van der Waals surface area contributed by atoms with Gasteiger partial charge >= 0.3 is 0 Å². The maximum absolute atomic E-state index is 11.9. The van der Waals surface area contributed by atoms with E-state index in [1.807, 2.05) is 26.1 Å². The van der Waals surface area contributed by atoms with Gasteiger partial charge in [0.15, 0.2) is 12.4 Å². The molecule has 1 aromatic heterocycles. The second-order valence-corrected chi connectivity index (χ2v) is 5.29. The quantitative estimate of drug-likeness (QED) is 0.757. The van der Waals surface area contributed by atoms with Crippen LogP contribution in [0.2, 0.25) is 0 Å². The Balaban J connectivity index is 1.76. The minimum atomic E-state index is -0.196. The molecule has 1 N–H and O–H groups in total. The molecular formula is C17H21N3O3. The Bertz CT molecular complexity index is 636. The number of ether oxygens (including phenoxy) is 1. The molecule has 0 saturated carbocycles. The van der Waals surface area contributed by atoms with Crippen molar-refractivity contribution in [3.8, 4) is 5.75 Å². The lowest BCUT2D eigenvalue weighted by Crippen LogP contribution is -2.38. The van der Waals surface area contributed by atoms with Gasteiger partial charge in [-0.3, -0.25) is 14.3 Å². The van der Waals surface area contributed by atoms with Crippen molar-refractivity contribution in [2.45, 2.75) is 32.9 Å². The molecule has 122 valence electrons. The molecule has 6 heteroatoms. The molecule has 0 saturated heterocycles. The number of Topliss-reactive ketones (excluding diaryl/α,β-unsaturated/α-hetero) is 1. The Labute approximate surface area is 135 Å². The maximum atomic E-state index is 11.9. The van der Waals surface area contributed by atoms with E-state index in [9.17, 15) is 9.59 Å². The minimum absolute atomic E-state index is 0.0458. The fourth-order valence-corrected chi connectivity index (χ4v) is 2.14. The van der Waals surface area contributed by atoms with Gasteiger partial charge in [-0.2, -0.15) is 5.10 Å². The second-order valence-electron chi connectivity index (χ2n) is 5.29. The standard InChI is InChI=1S/C17H21N3O3/c1-3-16(21)14-5-7-15(8-6-14)23-12-17(22)19-13(2)11-20-10-4-9-18-20/h4-10,13H,3,11-12H2,1-2H3,(H,19,22)/t13-/m1/s1.